The van der Waals surface area contributed by atoms with Crippen molar-refractivity contribution in [3.63, 3.8) is 0 Å². The Morgan fingerprint density at radius 1 is 1.19 bits per heavy atom. The Balaban J connectivity index is 1.81. The van der Waals surface area contributed by atoms with Gasteiger partial charge in [0.1, 0.15) is 11.7 Å². The van der Waals surface area contributed by atoms with Crippen molar-refractivity contribution in [1.82, 2.24) is 20.6 Å². The van der Waals surface area contributed by atoms with Crippen molar-refractivity contribution in [3.05, 3.63) is 60.2 Å². The fraction of sp³-hybridized carbons (Fsp3) is 0.500. The average molecular weight is 494 g/mol. The second-order valence-corrected chi connectivity index (χ2v) is 9.79. The smallest absolute Gasteiger partial charge is 0.508 e. The van der Waals surface area contributed by atoms with Gasteiger partial charge in [-0.25, -0.2) is 4.98 Å². The Kier molecular flexibility index (Phi) is 10.1. The van der Waals surface area contributed by atoms with Gasteiger partial charge >= 0.3 is 13.1 Å². The quantitative estimate of drug-likeness (QED) is 0.484. The molecule has 2 N–H and O–H groups in total. The van der Waals surface area contributed by atoms with Crippen molar-refractivity contribution in [2.75, 3.05) is 6.61 Å². The SMILES string of the molecule is CC(C)C[C@H](CC(=O)[C@H](Cc1ccccc1)NC(=O)c1cnccn1)B1OC[C@H](C)N[C@H](C)C(=O)O1. The summed E-state index contributed by atoms with van der Waals surface area (Å²) in [4.78, 5) is 47.0. The number of carbonyl (C=O) groups excluding carboxylic acids is 3. The van der Waals surface area contributed by atoms with Crippen LogP contribution in [-0.4, -0.2) is 59.5 Å². The van der Waals surface area contributed by atoms with E-state index in [1.165, 1.54) is 18.6 Å². The normalized spacial score (nSPS) is 20.1. The monoisotopic (exact) mass is 494 g/mol. The van der Waals surface area contributed by atoms with E-state index in [9.17, 15) is 14.4 Å². The molecule has 9 nitrogen and oxygen atoms in total. The zero-order valence-electron chi connectivity index (χ0n) is 21.3. The Morgan fingerprint density at radius 2 is 1.94 bits per heavy atom. The van der Waals surface area contributed by atoms with Crippen molar-refractivity contribution in [2.45, 2.75) is 70.9 Å². The summed E-state index contributed by atoms with van der Waals surface area (Å²) < 4.78 is 11.6. The summed E-state index contributed by atoms with van der Waals surface area (Å²) in [5.41, 5.74) is 1.05. The number of nitrogens with one attached hydrogen (secondary N) is 2. The average Bonchev–Trinajstić information content (AvgIpc) is 2.85. The molecule has 1 saturated heterocycles. The molecule has 4 atom stereocenters. The zero-order chi connectivity index (χ0) is 26.1. The lowest BCUT2D eigenvalue weighted by atomic mass is 9.64. The van der Waals surface area contributed by atoms with Crippen molar-refractivity contribution >= 4 is 24.8 Å². The number of hydrogen-bond acceptors (Lipinski definition) is 8. The molecule has 0 bridgehead atoms. The number of amides is 1. The first-order chi connectivity index (χ1) is 17.2. The van der Waals surface area contributed by atoms with Gasteiger partial charge in [-0.15, -0.1) is 0 Å². The van der Waals surface area contributed by atoms with Crippen LogP contribution in [0, 0.1) is 5.92 Å². The lowest BCUT2D eigenvalue weighted by molar-refractivity contribution is -0.139. The topological polar surface area (TPSA) is 120 Å². The minimum absolute atomic E-state index is 0.0390. The standard InChI is InChI=1S/C26H35BN4O5/c1-17(2)12-21(27-35-16-18(3)30-19(4)26(34)36-27)14-24(32)22(13-20-8-6-5-7-9-20)31-25(33)23-15-28-10-11-29-23/h5-11,15,17-19,21-22,30H,12-14,16H2,1-4H3,(H,31,33)/t18-,19+,21+,22-/m0/s1. The van der Waals surface area contributed by atoms with Gasteiger partial charge in [-0.05, 0) is 38.2 Å². The van der Waals surface area contributed by atoms with Crippen LogP contribution < -0.4 is 10.6 Å². The van der Waals surface area contributed by atoms with E-state index in [1.807, 2.05) is 51.1 Å². The minimum atomic E-state index is -0.844. The summed E-state index contributed by atoms with van der Waals surface area (Å²) in [5.74, 6) is -1.16. The minimum Gasteiger partial charge on any atom is -0.508 e. The molecular weight excluding hydrogens is 459 g/mol. The predicted molar refractivity (Wildman–Crippen MR) is 136 cm³/mol. The number of hydrogen-bond donors (Lipinski definition) is 2. The van der Waals surface area contributed by atoms with E-state index in [4.69, 9.17) is 9.31 Å². The molecule has 0 radical (unpaired) electrons. The summed E-state index contributed by atoms with van der Waals surface area (Å²) in [6.45, 7) is 8.13. The lowest BCUT2D eigenvalue weighted by Crippen LogP contribution is -2.50. The number of Topliss-reactive ketones (excluding diaryl/α,β-unsaturated/α-hetero) is 1. The number of ketones is 1. The molecule has 1 aromatic carbocycles. The maximum atomic E-state index is 13.7. The fourth-order valence-electron chi connectivity index (χ4n) is 4.31. The Labute approximate surface area is 212 Å². The van der Waals surface area contributed by atoms with Crippen LogP contribution in [0.4, 0.5) is 0 Å². The van der Waals surface area contributed by atoms with Gasteiger partial charge in [-0.1, -0.05) is 44.2 Å². The van der Waals surface area contributed by atoms with Gasteiger partial charge in [-0.2, -0.15) is 0 Å². The third-order valence-corrected chi connectivity index (χ3v) is 6.03. The van der Waals surface area contributed by atoms with Crippen LogP contribution in [0.1, 0.15) is 56.6 Å². The molecule has 1 amide bonds. The lowest BCUT2D eigenvalue weighted by Gasteiger charge is -2.31. The van der Waals surface area contributed by atoms with Gasteiger partial charge in [0.25, 0.3) is 5.91 Å². The number of carbonyl (C=O) groups is 3. The summed E-state index contributed by atoms with van der Waals surface area (Å²) in [7, 11) is -0.844. The van der Waals surface area contributed by atoms with Crippen LogP contribution in [0.3, 0.4) is 0 Å². The molecule has 0 saturated carbocycles. The van der Waals surface area contributed by atoms with Gasteiger partial charge in [0, 0.05) is 37.3 Å². The van der Waals surface area contributed by atoms with Crippen LogP contribution in [0.25, 0.3) is 0 Å². The molecule has 1 fully saturated rings. The molecule has 0 unspecified atom stereocenters. The summed E-state index contributed by atoms with van der Waals surface area (Å²) in [6, 6.07) is 8.20. The van der Waals surface area contributed by atoms with E-state index in [1.54, 1.807) is 6.92 Å². The van der Waals surface area contributed by atoms with Crippen molar-refractivity contribution < 1.29 is 23.7 Å². The maximum absolute atomic E-state index is 13.7. The van der Waals surface area contributed by atoms with Crippen LogP contribution in [0.5, 0.6) is 0 Å². The van der Waals surface area contributed by atoms with Crippen molar-refractivity contribution in [1.29, 1.82) is 0 Å². The summed E-state index contributed by atoms with van der Waals surface area (Å²) >= 11 is 0. The highest BCUT2D eigenvalue weighted by Crippen LogP contribution is 2.28. The van der Waals surface area contributed by atoms with E-state index < -0.39 is 31.1 Å². The highest BCUT2D eigenvalue weighted by molar-refractivity contribution is 6.49. The zero-order valence-corrected chi connectivity index (χ0v) is 21.3. The molecule has 36 heavy (non-hydrogen) atoms. The van der Waals surface area contributed by atoms with Crippen LogP contribution in [-0.2, 0) is 25.3 Å². The second kappa shape index (κ2) is 13.3. The third kappa shape index (κ3) is 8.24. The van der Waals surface area contributed by atoms with Gasteiger partial charge < -0.3 is 14.6 Å². The molecule has 1 aliphatic rings. The second-order valence-electron chi connectivity index (χ2n) is 9.79. The maximum Gasteiger partial charge on any atom is 0.531 e. The third-order valence-electron chi connectivity index (χ3n) is 6.03. The number of rotatable bonds is 10. The first kappa shape index (κ1) is 27.5. The molecule has 192 valence electrons. The van der Waals surface area contributed by atoms with E-state index in [-0.39, 0.29) is 35.7 Å². The molecule has 10 heteroatoms. The summed E-state index contributed by atoms with van der Waals surface area (Å²) in [6.07, 6.45) is 5.30. The molecule has 1 aromatic heterocycles. The van der Waals surface area contributed by atoms with E-state index >= 15 is 0 Å². The predicted octanol–water partition coefficient (Wildman–Crippen LogP) is 2.62. The first-order valence-corrected chi connectivity index (χ1v) is 12.4. The summed E-state index contributed by atoms with van der Waals surface area (Å²) in [5, 5.41) is 5.97. The molecule has 2 heterocycles. The van der Waals surface area contributed by atoms with E-state index in [2.05, 4.69) is 20.6 Å². The molecule has 0 spiro atoms. The Bertz CT molecular complexity index is 1010. The van der Waals surface area contributed by atoms with Gasteiger partial charge in [0.05, 0.1) is 12.2 Å². The van der Waals surface area contributed by atoms with Crippen LogP contribution >= 0.6 is 0 Å². The van der Waals surface area contributed by atoms with Gasteiger partial charge in [0.2, 0.25) is 0 Å². The first-order valence-electron chi connectivity index (χ1n) is 12.4. The molecule has 1 aliphatic heterocycles. The Hall–Kier alpha value is -3.11. The number of aromatic nitrogens is 2. The molecule has 0 aliphatic carbocycles. The Morgan fingerprint density at radius 3 is 2.61 bits per heavy atom. The molecule has 2 aromatic rings. The van der Waals surface area contributed by atoms with E-state index in [0.29, 0.717) is 19.4 Å². The van der Waals surface area contributed by atoms with Crippen LogP contribution in [0.15, 0.2) is 48.9 Å². The van der Waals surface area contributed by atoms with Gasteiger partial charge in [-0.3, -0.25) is 24.7 Å². The molecule has 3 rings (SSSR count). The number of nitrogens with zero attached hydrogens (tertiary/aromatic N) is 2. The van der Waals surface area contributed by atoms with Crippen molar-refractivity contribution in [3.8, 4) is 0 Å². The van der Waals surface area contributed by atoms with Crippen molar-refractivity contribution in [2.24, 2.45) is 5.92 Å². The highest BCUT2D eigenvalue weighted by Gasteiger charge is 2.40. The van der Waals surface area contributed by atoms with Crippen LogP contribution in [0.2, 0.25) is 5.82 Å². The van der Waals surface area contributed by atoms with E-state index in [0.717, 1.165) is 5.56 Å². The largest absolute Gasteiger partial charge is 0.531 e. The van der Waals surface area contributed by atoms with Gasteiger partial charge in [0.15, 0.2) is 5.78 Å². The number of benzene rings is 1. The molecular formula is C26H35BN4O5. The fourth-order valence-corrected chi connectivity index (χ4v) is 4.31. The highest BCUT2D eigenvalue weighted by atomic mass is 16.6.